The Hall–Kier alpha value is -1.22. The van der Waals surface area contributed by atoms with Gasteiger partial charge in [-0.2, -0.15) is 0 Å². The van der Waals surface area contributed by atoms with Crippen LogP contribution < -0.4 is 14.8 Å². The van der Waals surface area contributed by atoms with Crippen molar-refractivity contribution in [1.82, 2.24) is 5.32 Å². The maximum absolute atomic E-state index is 5.58. The van der Waals surface area contributed by atoms with Gasteiger partial charge in [0.2, 0.25) is 0 Å². The normalized spacial score (nSPS) is 21.9. The van der Waals surface area contributed by atoms with E-state index < -0.39 is 0 Å². The summed E-state index contributed by atoms with van der Waals surface area (Å²) in [7, 11) is 3.50. The minimum atomic E-state index is 0.385. The quantitative estimate of drug-likeness (QED) is 0.879. The first kappa shape index (κ1) is 14.2. The molecule has 19 heavy (non-hydrogen) atoms. The lowest BCUT2D eigenvalue weighted by Crippen LogP contribution is -2.27. The summed E-state index contributed by atoms with van der Waals surface area (Å²) in [4.78, 5) is 0. The van der Waals surface area contributed by atoms with Gasteiger partial charge in [-0.25, -0.2) is 0 Å². The van der Waals surface area contributed by atoms with Crippen molar-refractivity contribution in [3.8, 4) is 11.5 Å². The molecule has 1 aromatic rings. The second-order valence-electron chi connectivity index (χ2n) is 5.28. The van der Waals surface area contributed by atoms with Crippen LogP contribution in [0.3, 0.4) is 0 Å². The molecule has 0 saturated heterocycles. The summed E-state index contributed by atoms with van der Waals surface area (Å²) in [6.45, 7) is 5.51. The molecule has 0 radical (unpaired) electrons. The molecule has 1 aliphatic rings. The standard InChI is InChI=1S/C16H25NO2/c1-5-10-17-12-7-6-11(2)15-13(18-3)8-9-14(19-4)16(12)15/h8-9,11-12,17H,5-7,10H2,1-4H3. The number of nitrogens with one attached hydrogen (secondary N) is 1. The predicted molar refractivity (Wildman–Crippen MR) is 78.2 cm³/mol. The third kappa shape index (κ3) is 2.71. The SMILES string of the molecule is CCCNC1CCC(C)c2c(OC)ccc(OC)c21. The average Bonchev–Trinajstić information content (AvgIpc) is 2.45. The molecule has 2 unspecified atom stereocenters. The van der Waals surface area contributed by atoms with Crippen LogP contribution in [0.2, 0.25) is 0 Å². The smallest absolute Gasteiger partial charge is 0.124 e. The van der Waals surface area contributed by atoms with Gasteiger partial charge in [0.1, 0.15) is 11.5 Å². The van der Waals surface area contributed by atoms with Crippen molar-refractivity contribution in [3.63, 3.8) is 0 Å². The first-order chi connectivity index (χ1) is 9.22. The predicted octanol–water partition coefficient (Wildman–Crippen LogP) is 3.64. The van der Waals surface area contributed by atoms with Gasteiger partial charge in [0.25, 0.3) is 0 Å². The van der Waals surface area contributed by atoms with Crippen molar-refractivity contribution in [1.29, 1.82) is 0 Å². The third-order valence-electron chi connectivity index (χ3n) is 4.02. The highest BCUT2D eigenvalue weighted by atomic mass is 16.5. The van der Waals surface area contributed by atoms with Crippen LogP contribution in [-0.2, 0) is 0 Å². The number of hydrogen-bond donors (Lipinski definition) is 1. The Morgan fingerprint density at radius 3 is 2.32 bits per heavy atom. The Labute approximate surface area is 116 Å². The summed E-state index contributed by atoms with van der Waals surface area (Å²) in [6.07, 6.45) is 3.50. The van der Waals surface area contributed by atoms with Crippen LogP contribution in [0.15, 0.2) is 12.1 Å². The zero-order valence-corrected chi connectivity index (χ0v) is 12.5. The third-order valence-corrected chi connectivity index (χ3v) is 4.02. The average molecular weight is 263 g/mol. The van der Waals surface area contributed by atoms with Gasteiger partial charge in [0, 0.05) is 17.2 Å². The largest absolute Gasteiger partial charge is 0.496 e. The number of fused-ring (bicyclic) bond motifs is 1. The van der Waals surface area contributed by atoms with Crippen LogP contribution in [-0.4, -0.2) is 20.8 Å². The van der Waals surface area contributed by atoms with Gasteiger partial charge >= 0.3 is 0 Å². The monoisotopic (exact) mass is 263 g/mol. The molecule has 1 N–H and O–H groups in total. The van der Waals surface area contributed by atoms with Gasteiger partial charge in [-0.05, 0) is 43.9 Å². The summed E-state index contributed by atoms with van der Waals surface area (Å²) >= 11 is 0. The van der Waals surface area contributed by atoms with E-state index in [0.29, 0.717) is 12.0 Å². The molecule has 0 aromatic heterocycles. The van der Waals surface area contributed by atoms with Gasteiger partial charge in [-0.3, -0.25) is 0 Å². The molecule has 0 bridgehead atoms. The van der Waals surface area contributed by atoms with Crippen LogP contribution in [0.1, 0.15) is 56.2 Å². The van der Waals surface area contributed by atoms with Crippen LogP contribution in [0.5, 0.6) is 11.5 Å². The Balaban J connectivity index is 2.46. The zero-order chi connectivity index (χ0) is 13.8. The maximum atomic E-state index is 5.58. The molecule has 0 amide bonds. The highest BCUT2D eigenvalue weighted by Gasteiger charge is 2.30. The van der Waals surface area contributed by atoms with Crippen LogP contribution in [0.4, 0.5) is 0 Å². The number of ether oxygens (including phenoxy) is 2. The minimum absolute atomic E-state index is 0.385. The van der Waals surface area contributed by atoms with Gasteiger partial charge in [0.05, 0.1) is 14.2 Å². The lowest BCUT2D eigenvalue weighted by molar-refractivity contribution is 0.357. The molecule has 2 rings (SSSR count). The number of hydrogen-bond acceptors (Lipinski definition) is 3. The topological polar surface area (TPSA) is 30.5 Å². The van der Waals surface area contributed by atoms with E-state index in [-0.39, 0.29) is 0 Å². The van der Waals surface area contributed by atoms with Crippen LogP contribution in [0, 0.1) is 0 Å². The van der Waals surface area contributed by atoms with Crippen molar-refractivity contribution < 1.29 is 9.47 Å². The van der Waals surface area contributed by atoms with Crippen molar-refractivity contribution in [2.45, 2.75) is 45.1 Å². The van der Waals surface area contributed by atoms with Gasteiger partial charge in [0.15, 0.2) is 0 Å². The lowest BCUT2D eigenvalue weighted by atomic mass is 9.80. The molecule has 1 aliphatic carbocycles. The number of benzene rings is 1. The van der Waals surface area contributed by atoms with E-state index in [4.69, 9.17) is 9.47 Å². The van der Waals surface area contributed by atoms with Gasteiger partial charge in [-0.15, -0.1) is 0 Å². The summed E-state index contributed by atoms with van der Waals surface area (Å²) in [5, 5.41) is 3.64. The first-order valence-electron chi connectivity index (χ1n) is 7.21. The molecular formula is C16H25NO2. The number of methoxy groups -OCH3 is 2. The van der Waals surface area contributed by atoms with Gasteiger partial charge in [-0.1, -0.05) is 13.8 Å². The number of rotatable bonds is 5. The van der Waals surface area contributed by atoms with Crippen molar-refractivity contribution >= 4 is 0 Å². The van der Waals surface area contributed by atoms with E-state index in [9.17, 15) is 0 Å². The Kier molecular flexibility index (Phi) is 4.70. The second-order valence-corrected chi connectivity index (χ2v) is 5.28. The molecule has 3 nitrogen and oxygen atoms in total. The van der Waals surface area contributed by atoms with E-state index in [1.807, 2.05) is 12.1 Å². The first-order valence-corrected chi connectivity index (χ1v) is 7.21. The van der Waals surface area contributed by atoms with Crippen molar-refractivity contribution in [2.24, 2.45) is 0 Å². The molecule has 2 atom stereocenters. The summed E-state index contributed by atoms with van der Waals surface area (Å²) in [6, 6.07) is 4.43. The van der Waals surface area contributed by atoms with Gasteiger partial charge < -0.3 is 14.8 Å². The molecule has 0 heterocycles. The Bertz CT molecular complexity index is 431. The Morgan fingerprint density at radius 2 is 1.74 bits per heavy atom. The molecular weight excluding hydrogens is 238 g/mol. The fourth-order valence-electron chi connectivity index (χ4n) is 3.05. The highest BCUT2D eigenvalue weighted by molar-refractivity contribution is 5.53. The highest BCUT2D eigenvalue weighted by Crippen LogP contribution is 2.46. The molecule has 106 valence electrons. The van der Waals surface area contributed by atoms with Crippen molar-refractivity contribution in [3.05, 3.63) is 23.3 Å². The van der Waals surface area contributed by atoms with E-state index >= 15 is 0 Å². The van der Waals surface area contributed by atoms with E-state index in [1.54, 1.807) is 14.2 Å². The maximum Gasteiger partial charge on any atom is 0.124 e. The lowest BCUT2D eigenvalue weighted by Gasteiger charge is -2.33. The molecule has 1 aromatic carbocycles. The fraction of sp³-hybridized carbons (Fsp3) is 0.625. The minimum Gasteiger partial charge on any atom is -0.496 e. The van der Waals surface area contributed by atoms with Crippen LogP contribution in [0.25, 0.3) is 0 Å². The molecule has 0 saturated carbocycles. The molecule has 0 aliphatic heterocycles. The summed E-state index contributed by atoms with van der Waals surface area (Å²) < 4.78 is 11.1. The van der Waals surface area contributed by atoms with E-state index in [0.717, 1.165) is 30.9 Å². The zero-order valence-electron chi connectivity index (χ0n) is 12.5. The summed E-state index contributed by atoms with van der Waals surface area (Å²) in [5.41, 5.74) is 2.62. The van der Waals surface area contributed by atoms with E-state index in [2.05, 4.69) is 19.2 Å². The molecule has 0 spiro atoms. The fourth-order valence-corrected chi connectivity index (χ4v) is 3.05. The second kappa shape index (κ2) is 6.29. The van der Waals surface area contributed by atoms with Crippen molar-refractivity contribution in [2.75, 3.05) is 20.8 Å². The molecule has 3 heteroatoms. The van der Waals surface area contributed by atoms with Crippen LogP contribution >= 0.6 is 0 Å². The summed E-state index contributed by atoms with van der Waals surface area (Å²) in [5.74, 6) is 2.50. The van der Waals surface area contributed by atoms with E-state index in [1.165, 1.54) is 17.5 Å². The molecule has 0 fully saturated rings. The Morgan fingerprint density at radius 1 is 1.11 bits per heavy atom.